The van der Waals surface area contributed by atoms with Crippen molar-refractivity contribution in [2.75, 3.05) is 21.3 Å². The van der Waals surface area contributed by atoms with Gasteiger partial charge < -0.3 is 14.2 Å². The first-order chi connectivity index (χ1) is 8.06. The van der Waals surface area contributed by atoms with E-state index in [4.69, 9.17) is 0 Å². The van der Waals surface area contributed by atoms with E-state index in [1.807, 2.05) is 0 Å². The van der Waals surface area contributed by atoms with E-state index in [-0.39, 0.29) is 5.92 Å². The molecule has 94 valence electrons. The summed E-state index contributed by atoms with van der Waals surface area (Å²) >= 11 is 0. The van der Waals surface area contributed by atoms with Gasteiger partial charge in [-0.15, -0.1) is 0 Å². The van der Waals surface area contributed by atoms with Crippen molar-refractivity contribution in [3.8, 4) is 0 Å². The lowest BCUT2D eigenvalue weighted by Gasteiger charge is -1.95. The minimum Gasteiger partial charge on any atom is -0.469 e. The number of allylic oxidation sites excluding steroid dienone is 1. The highest BCUT2D eigenvalue weighted by atomic mass is 16.5. The maximum atomic E-state index is 11.3. The molecular formula is C11H14O6. The molecule has 0 radical (unpaired) electrons. The minimum absolute atomic E-state index is 0.367. The van der Waals surface area contributed by atoms with Gasteiger partial charge in [0.25, 0.3) is 0 Å². The molecule has 1 fully saturated rings. The van der Waals surface area contributed by atoms with Crippen molar-refractivity contribution in [3.63, 3.8) is 0 Å². The first-order valence-electron chi connectivity index (χ1n) is 4.98. The lowest BCUT2D eigenvalue weighted by molar-refractivity contribution is -0.148. The number of methoxy groups -OCH3 is 3. The Labute approximate surface area is 98.5 Å². The molecule has 0 saturated heterocycles. The van der Waals surface area contributed by atoms with E-state index in [1.54, 1.807) is 0 Å². The summed E-state index contributed by atoms with van der Waals surface area (Å²) in [4.78, 5) is 33.6. The van der Waals surface area contributed by atoms with Crippen molar-refractivity contribution in [1.29, 1.82) is 0 Å². The summed E-state index contributed by atoms with van der Waals surface area (Å²) in [6, 6.07) is 0. The predicted molar refractivity (Wildman–Crippen MR) is 55.7 cm³/mol. The van der Waals surface area contributed by atoms with Crippen LogP contribution in [0.5, 0.6) is 0 Å². The Morgan fingerprint density at radius 1 is 0.882 bits per heavy atom. The quantitative estimate of drug-likeness (QED) is 0.390. The van der Waals surface area contributed by atoms with Crippen molar-refractivity contribution < 1.29 is 28.6 Å². The maximum Gasteiger partial charge on any atom is 0.330 e. The van der Waals surface area contributed by atoms with Crippen LogP contribution in [0.4, 0.5) is 0 Å². The Bertz CT molecular complexity index is 337. The van der Waals surface area contributed by atoms with Crippen LogP contribution in [0, 0.1) is 17.8 Å². The van der Waals surface area contributed by atoms with E-state index < -0.39 is 29.7 Å². The zero-order chi connectivity index (χ0) is 13.0. The SMILES string of the molecule is COC(=O)/C=C\C1[C@H](C(=O)OC)[C@H]1C(=O)OC. The van der Waals surface area contributed by atoms with Crippen LogP contribution in [0.3, 0.4) is 0 Å². The van der Waals surface area contributed by atoms with E-state index in [2.05, 4.69) is 14.2 Å². The smallest absolute Gasteiger partial charge is 0.330 e. The monoisotopic (exact) mass is 242 g/mol. The molecule has 0 N–H and O–H groups in total. The molecule has 1 rings (SSSR count). The molecule has 1 aliphatic rings. The van der Waals surface area contributed by atoms with Gasteiger partial charge in [0, 0.05) is 12.0 Å². The Kier molecular flexibility index (Phi) is 4.25. The fourth-order valence-corrected chi connectivity index (χ4v) is 1.71. The molecule has 0 aliphatic heterocycles. The van der Waals surface area contributed by atoms with Crippen LogP contribution in [0.2, 0.25) is 0 Å². The molecule has 0 spiro atoms. The summed E-state index contributed by atoms with van der Waals surface area (Å²) in [6.45, 7) is 0. The number of hydrogen-bond acceptors (Lipinski definition) is 6. The molecule has 0 unspecified atom stereocenters. The second-order valence-corrected chi connectivity index (χ2v) is 3.56. The molecule has 1 saturated carbocycles. The highest BCUT2D eigenvalue weighted by Gasteiger charge is 2.59. The lowest BCUT2D eigenvalue weighted by atomic mass is 10.3. The molecule has 0 heterocycles. The first-order valence-corrected chi connectivity index (χ1v) is 4.98. The summed E-state index contributed by atoms with van der Waals surface area (Å²) in [5.74, 6) is -3.03. The predicted octanol–water partition coefficient (Wildman–Crippen LogP) is -0.0762. The number of carbonyl (C=O) groups is 3. The molecule has 0 bridgehead atoms. The number of carbonyl (C=O) groups excluding carboxylic acids is 3. The van der Waals surface area contributed by atoms with Gasteiger partial charge in [-0.05, 0) is 0 Å². The van der Waals surface area contributed by atoms with Gasteiger partial charge in [0.15, 0.2) is 0 Å². The second kappa shape index (κ2) is 5.47. The van der Waals surface area contributed by atoms with Gasteiger partial charge in [-0.2, -0.15) is 0 Å². The van der Waals surface area contributed by atoms with Gasteiger partial charge in [-0.3, -0.25) is 9.59 Å². The fraction of sp³-hybridized carbons (Fsp3) is 0.545. The van der Waals surface area contributed by atoms with Gasteiger partial charge >= 0.3 is 17.9 Å². The van der Waals surface area contributed by atoms with E-state index in [0.29, 0.717) is 0 Å². The number of esters is 3. The third-order valence-electron chi connectivity index (χ3n) is 2.68. The van der Waals surface area contributed by atoms with Crippen LogP contribution in [0.15, 0.2) is 12.2 Å². The van der Waals surface area contributed by atoms with Gasteiger partial charge in [0.05, 0.1) is 33.2 Å². The van der Waals surface area contributed by atoms with Crippen molar-refractivity contribution in [2.24, 2.45) is 17.8 Å². The van der Waals surface area contributed by atoms with Crippen LogP contribution in [0.25, 0.3) is 0 Å². The van der Waals surface area contributed by atoms with Crippen LogP contribution in [0.1, 0.15) is 0 Å². The van der Waals surface area contributed by atoms with E-state index >= 15 is 0 Å². The molecule has 2 atom stereocenters. The Morgan fingerprint density at radius 3 is 1.71 bits per heavy atom. The average molecular weight is 242 g/mol. The molecular weight excluding hydrogens is 228 g/mol. The van der Waals surface area contributed by atoms with Gasteiger partial charge in [0.1, 0.15) is 0 Å². The van der Waals surface area contributed by atoms with Crippen LogP contribution < -0.4 is 0 Å². The lowest BCUT2D eigenvalue weighted by Crippen LogP contribution is -2.10. The second-order valence-electron chi connectivity index (χ2n) is 3.56. The highest BCUT2D eigenvalue weighted by Crippen LogP contribution is 2.48. The Hall–Kier alpha value is -1.85. The molecule has 1 aliphatic carbocycles. The summed E-state index contributed by atoms with van der Waals surface area (Å²) < 4.78 is 13.5. The Balaban J connectivity index is 2.70. The molecule has 17 heavy (non-hydrogen) atoms. The summed E-state index contributed by atoms with van der Waals surface area (Å²) in [5, 5.41) is 0. The zero-order valence-electron chi connectivity index (χ0n) is 9.84. The number of ether oxygens (including phenoxy) is 3. The fourth-order valence-electron chi connectivity index (χ4n) is 1.71. The maximum absolute atomic E-state index is 11.3. The van der Waals surface area contributed by atoms with Crippen LogP contribution in [-0.2, 0) is 28.6 Å². The normalized spacial score (nSPS) is 26.4. The molecule has 6 heteroatoms. The standard InChI is InChI=1S/C11H14O6/c1-15-7(12)5-4-6-8(10(13)16-2)9(6)11(14)17-3/h4-6,8-9H,1-3H3/b5-4-/t8-,9-/m0/s1. The van der Waals surface area contributed by atoms with Crippen molar-refractivity contribution in [1.82, 2.24) is 0 Å². The van der Waals surface area contributed by atoms with E-state index in [1.165, 1.54) is 33.5 Å². The van der Waals surface area contributed by atoms with Crippen molar-refractivity contribution >= 4 is 17.9 Å². The minimum atomic E-state index is -0.576. The molecule has 6 nitrogen and oxygen atoms in total. The average Bonchev–Trinajstić information content (AvgIpc) is 3.08. The Morgan fingerprint density at radius 2 is 1.35 bits per heavy atom. The summed E-state index contributed by atoms with van der Waals surface area (Å²) in [6.07, 6.45) is 2.65. The van der Waals surface area contributed by atoms with Gasteiger partial charge in [0.2, 0.25) is 0 Å². The zero-order valence-corrected chi connectivity index (χ0v) is 9.84. The van der Waals surface area contributed by atoms with Crippen LogP contribution in [-0.4, -0.2) is 39.2 Å². The molecule has 0 aromatic rings. The highest BCUT2D eigenvalue weighted by molar-refractivity contribution is 5.89. The summed E-state index contributed by atoms with van der Waals surface area (Å²) in [7, 11) is 3.74. The topological polar surface area (TPSA) is 78.9 Å². The first kappa shape index (κ1) is 13.2. The van der Waals surface area contributed by atoms with Crippen molar-refractivity contribution in [2.45, 2.75) is 0 Å². The molecule has 0 aromatic heterocycles. The molecule has 0 aromatic carbocycles. The van der Waals surface area contributed by atoms with Crippen molar-refractivity contribution in [3.05, 3.63) is 12.2 Å². The third-order valence-corrected chi connectivity index (χ3v) is 2.68. The van der Waals surface area contributed by atoms with Gasteiger partial charge in [-0.1, -0.05) is 6.08 Å². The third kappa shape index (κ3) is 2.83. The van der Waals surface area contributed by atoms with E-state index in [9.17, 15) is 14.4 Å². The number of rotatable bonds is 4. The molecule has 0 amide bonds. The largest absolute Gasteiger partial charge is 0.469 e. The van der Waals surface area contributed by atoms with E-state index in [0.717, 1.165) is 0 Å². The summed E-state index contributed by atoms with van der Waals surface area (Å²) in [5.41, 5.74) is 0. The van der Waals surface area contributed by atoms with Gasteiger partial charge in [-0.25, -0.2) is 4.79 Å². The number of hydrogen-bond donors (Lipinski definition) is 0. The van der Waals surface area contributed by atoms with Crippen LogP contribution >= 0.6 is 0 Å².